The molecule has 0 amide bonds. The van der Waals surface area contributed by atoms with Crippen molar-refractivity contribution < 1.29 is 71.0 Å². The average molecular weight is 641 g/mol. The van der Waals surface area contributed by atoms with E-state index in [1.807, 2.05) is 0 Å². The predicted octanol–water partition coefficient (Wildman–Crippen LogP) is -12.5. The monoisotopic (exact) mass is 639 g/mol. The van der Waals surface area contributed by atoms with Crippen molar-refractivity contribution in [3.8, 4) is 0 Å². The molecule has 5 rings (SSSR count). The molecule has 4 heterocycles. The van der Waals surface area contributed by atoms with Gasteiger partial charge in [-0.1, -0.05) is 19.1 Å². The molecule has 1 aromatic heterocycles. The third kappa shape index (κ3) is 10.5. The van der Waals surface area contributed by atoms with Crippen LogP contribution in [0.4, 0.5) is 0 Å². The summed E-state index contributed by atoms with van der Waals surface area (Å²) in [5, 5.41) is 23.8. The first kappa shape index (κ1) is 39.2. The molecule has 3 saturated heterocycles. The molecule has 0 atom stereocenters. The van der Waals surface area contributed by atoms with E-state index >= 15 is 0 Å². The van der Waals surface area contributed by atoms with Crippen LogP contribution < -0.4 is 86.1 Å². The number of aromatic nitrogens is 1. The molecule has 3 aliphatic heterocycles. The van der Waals surface area contributed by atoms with Crippen LogP contribution in [0.5, 0.6) is 0 Å². The second kappa shape index (κ2) is 19.2. The van der Waals surface area contributed by atoms with Crippen LogP contribution in [0.15, 0.2) is 36.5 Å². The Morgan fingerprint density at radius 3 is 1.49 bits per heavy atom. The number of halogens is 4. The number of rotatable bonds is 1. The van der Waals surface area contributed by atoms with Gasteiger partial charge in [0, 0.05) is 101 Å². The zero-order valence-electron chi connectivity index (χ0n) is 21.7. The Balaban J connectivity index is 0. The van der Waals surface area contributed by atoms with Crippen LogP contribution in [-0.4, -0.2) is 78.5 Å². The molecule has 0 saturated carbocycles. The summed E-state index contributed by atoms with van der Waals surface area (Å²) in [7, 11) is 2.14. The van der Waals surface area contributed by atoms with Gasteiger partial charge in [0.2, 0.25) is 5.52 Å². The summed E-state index contributed by atoms with van der Waals surface area (Å²) in [5.41, 5.74) is 2.86. The molecular weight excluding hydrogens is 599 g/mol. The Labute approximate surface area is 258 Å². The van der Waals surface area contributed by atoms with Crippen molar-refractivity contribution in [1.82, 2.24) is 31.9 Å². The molecule has 7 nitrogen and oxygen atoms in total. The van der Waals surface area contributed by atoms with E-state index in [0.29, 0.717) is 0 Å². The topological polar surface area (TPSA) is 76.1 Å². The summed E-state index contributed by atoms with van der Waals surface area (Å²) in [6.45, 7) is 14.1. The number of pyridine rings is 1. The van der Waals surface area contributed by atoms with Gasteiger partial charge in [-0.3, -0.25) is 0 Å². The number of nitrogens with zero attached hydrogens (tertiary/aromatic N) is 1. The number of hydrogen-bond acceptors (Lipinski definition) is 6. The van der Waals surface area contributed by atoms with Gasteiger partial charge in [-0.15, -0.1) is 0 Å². The normalized spacial score (nSPS) is 25.5. The number of hydrogen-bond donors (Lipinski definition) is 6. The van der Waals surface area contributed by atoms with E-state index in [1.54, 1.807) is 0 Å². The Morgan fingerprint density at radius 1 is 0.622 bits per heavy atom. The van der Waals surface area contributed by atoms with Gasteiger partial charge < -0.3 is 81.5 Å². The smallest absolute Gasteiger partial charge is 1.00 e. The van der Waals surface area contributed by atoms with Gasteiger partial charge in [0.1, 0.15) is 7.05 Å². The first-order chi connectivity index (χ1) is 15.6. The average Bonchev–Trinajstić information content (AvgIpc) is 2.80. The molecule has 0 aliphatic carbocycles. The maximum atomic E-state index is 3.80. The Morgan fingerprint density at radius 2 is 1.03 bits per heavy atom. The van der Waals surface area contributed by atoms with Crippen molar-refractivity contribution in [1.29, 1.82) is 0 Å². The molecule has 3 fully saturated rings. The summed E-state index contributed by atoms with van der Waals surface area (Å²) in [6.07, 6.45) is 2.22. The van der Waals surface area contributed by atoms with Crippen LogP contribution in [0.1, 0.15) is 12.5 Å². The molecule has 214 valence electrons. The zero-order valence-corrected chi connectivity index (χ0v) is 25.8. The van der Waals surface area contributed by atoms with Gasteiger partial charge in [-0.25, -0.2) is 4.57 Å². The minimum absolute atomic E-state index is 0. The summed E-state index contributed by atoms with van der Waals surface area (Å²) in [5.74, 6) is 0. The van der Waals surface area contributed by atoms with Gasteiger partial charge in [-0.05, 0) is 11.6 Å². The van der Waals surface area contributed by atoms with Crippen molar-refractivity contribution >= 4 is 10.9 Å². The van der Waals surface area contributed by atoms with E-state index in [-0.39, 0.29) is 77.2 Å². The maximum absolute atomic E-state index is 3.80. The van der Waals surface area contributed by atoms with Gasteiger partial charge >= 0.3 is 16.8 Å². The predicted molar refractivity (Wildman–Crippen MR) is 132 cm³/mol. The fraction of sp³-hybridized carbons (Fsp3) is 0.640. The fourth-order valence-corrected chi connectivity index (χ4v) is 5.17. The van der Waals surface area contributed by atoms with Crippen LogP contribution in [0, 0.1) is 5.41 Å². The number of nitrogens with one attached hydrogen (secondary N) is 6. The van der Waals surface area contributed by atoms with Gasteiger partial charge in [0.15, 0.2) is 6.20 Å². The SMILES string of the molecule is C[n+]1ccc(C23CNCCNCC(C)(CNCCNC2)CNCCNC3)c2ccccc21.[Cl-].[Cl-].[Cl-].[Cl-].[Co+3]. The largest absolute Gasteiger partial charge is 3.00 e. The summed E-state index contributed by atoms with van der Waals surface area (Å²) < 4.78 is 2.23. The molecule has 12 heteroatoms. The van der Waals surface area contributed by atoms with E-state index in [0.717, 1.165) is 78.5 Å². The van der Waals surface area contributed by atoms with E-state index < -0.39 is 0 Å². The van der Waals surface area contributed by atoms with Gasteiger partial charge in [0.05, 0.1) is 5.39 Å². The molecule has 1 aromatic carbocycles. The Bertz CT molecular complexity index is 850. The first-order valence-corrected chi connectivity index (χ1v) is 12.2. The minimum Gasteiger partial charge on any atom is -1.00 e. The fourth-order valence-electron chi connectivity index (χ4n) is 5.17. The Kier molecular flexibility index (Phi) is 20.3. The maximum Gasteiger partial charge on any atom is 3.00 e. The van der Waals surface area contributed by atoms with E-state index in [9.17, 15) is 0 Å². The molecule has 37 heavy (non-hydrogen) atoms. The van der Waals surface area contributed by atoms with Crippen molar-refractivity contribution in [2.45, 2.75) is 12.3 Å². The van der Waals surface area contributed by atoms with Crippen LogP contribution in [0.2, 0.25) is 0 Å². The number of para-hydroxylation sites is 1. The molecule has 0 spiro atoms. The number of aryl methyl sites for hydroxylation is 1. The summed E-state index contributed by atoms with van der Waals surface area (Å²) in [6, 6.07) is 11.1. The summed E-state index contributed by atoms with van der Waals surface area (Å²) >= 11 is 0. The molecule has 2 bridgehead atoms. The molecule has 3 aliphatic rings. The van der Waals surface area contributed by atoms with E-state index in [2.05, 4.69) is 87.0 Å². The molecule has 2 aromatic rings. The number of benzene rings is 1. The molecule has 0 radical (unpaired) electrons. The minimum atomic E-state index is -0.0450. The van der Waals surface area contributed by atoms with Crippen molar-refractivity contribution in [2.75, 3.05) is 78.5 Å². The Hall–Kier alpha value is 0.0565. The quantitative estimate of drug-likeness (QED) is 0.174. The van der Waals surface area contributed by atoms with E-state index in [1.165, 1.54) is 16.5 Å². The van der Waals surface area contributed by atoms with Crippen LogP contribution >= 0.6 is 0 Å². The van der Waals surface area contributed by atoms with E-state index in [4.69, 9.17) is 0 Å². The van der Waals surface area contributed by atoms with Crippen LogP contribution in [-0.2, 0) is 29.2 Å². The van der Waals surface area contributed by atoms with Crippen molar-refractivity contribution in [2.24, 2.45) is 12.5 Å². The third-order valence-corrected chi connectivity index (χ3v) is 7.09. The second-order valence-corrected chi connectivity index (χ2v) is 10.0. The van der Waals surface area contributed by atoms with Gasteiger partial charge in [0.25, 0.3) is 0 Å². The third-order valence-electron chi connectivity index (χ3n) is 7.09. The standard InChI is InChI=1S/C25H42N7.4ClH.Co/c1-24-15-26-8-11-29-18-25(19-30-12-9-27-16-24,20-31-13-10-28-17-24)22-7-14-32(2)23-6-4-3-5-21(22)23;;;;;/h3-7,14,26-31H,8-13,15-20H2,1-2H3;4*1H;/q+1;;;;;+3/p-4. The zero-order chi connectivity index (χ0) is 22.3. The van der Waals surface area contributed by atoms with Crippen molar-refractivity contribution in [3.05, 3.63) is 42.1 Å². The summed E-state index contributed by atoms with van der Waals surface area (Å²) in [4.78, 5) is 0. The molecular formula is C25H42Cl4CoN7. The van der Waals surface area contributed by atoms with Crippen molar-refractivity contribution in [3.63, 3.8) is 0 Å². The second-order valence-electron chi connectivity index (χ2n) is 10.0. The number of fused-ring (bicyclic) bond motifs is 16. The molecule has 6 N–H and O–H groups in total. The molecule has 0 unspecified atom stereocenters. The first-order valence-electron chi connectivity index (χ1n) is 12.2. The van der Waals surface area contributed by atoms with Crippen LogP contribution in [0.25, 0.3) is 10.9 Å². The van der Waals surface area contributed by atoms with Crippen LogP contribution in [0.3, 0.4) is 0 Å². The van der Waals surface area contributed by atoms with Gasteiger partial charge in [-0.2, -0.15) is 0 Å².